The predicted molar refractivity (Wildman–Crippen MR) is 139 cm³/mol. The number of rotatable bonds is 17. The SMILES string of the molecule is COC(=O)CC(NC(=O)C(C)NC(=O)C(NC(=O)C(N)C(=O)[N-]CC(=O)[N-]C(C[S-])C(N)=O)C(C)C)C(=O)CF.[O]=[Tc+3]. The predicted octanol–water partition coefficient (Wildman–Crippen LogP) is -3.37. The Hall–Kier alpha value is -3.35. The first kappa shape index (κ1) is 40.8. The number of esters is 1. The van der Waals surface area contributed by atoms with Gasteiger partial charge in [0.1, 0.15) is 30.8 Å². The fraction of sp³-hybridized carbons (Fsp3) is 0.636. The first-order valence-corrected chi connectivity index (χ1v) is 13.2. The molecule has 0 radical (unpaired) electrons. The van der Waals surface area contributed by atoms with Gasteiger partial charge in [-0.15, -0.1) is 0 Å². The van der Waals surface area contributed by atoms with Gasteiger partial charge >= 0.3 is 28.3 Å². The molecule has 6 amide bonds. The molecule has 0 aliphatic heterocycles. The normalized spacial score (nSPS) is 13.8. The van der Waals surface area contributed by atoms with Crippen LogP contribution < -0.4 is 27.4 Å². The number of Topliss-reactive ketones (excluding diaryl/α,β-unsaturated/α-hetero) is 1. The molecule has 0 aromatic heterocycles. The Balaban J connectivity index is 0. The Kier molecular flexibility index (Phi) is 20.7. The number of carbonyl (C=O) groups excluding carboxylic acids is 8. The molecule has 0 bridgehead atoms. The van der Waals surface area contributed by atoms with Crippen molar-refractivity contribution < 1.29 is 69.8 Å². The molecule has 17 nitrogen and oxygen atoms in total. The van der Waals surface area contributed by atoms with E-state index in [0.29, 0.717) is 0 Å². The first-order valence-electron chi connectivity index (χ1n) is 11.9. The van der Waals surface area contributed by atoms with Crippen molar-refractivity contribution in [3.63, 3.8) is 0 Å². The molecule has 236 valence electrons. The summed E-state index contributed by atoms with van der Waals surface area (Å²) in [5.41, 5.74) is 10.6. The summed E-state index contributed by atoms with van der Waals surface area (Å²) in [7, 11) is 1.04. The van der Waals surface area contributed by atoms with Gasteiger partial charge in [-0.2, -0.15) is 5.75 Å². The molecule has 0 spiro atoms. The third-order valence-electron chi connectivity index (χ3n) is 5.14. The summed E-state index contributed by atoms with van der Waals surface area (Å²) in [4.78, 5) is 95.9. The van der Waals surface area contributed by atoms with Crippen LogP contribution in [0, 0.1) is 5.92 Å². The molecule has 42 heavy (non-hydrogen) atoms. The van der Waals surface area contributed by atoms with E-state index in [1.165, 1.54) is 20.8 Å². The van der Waals surface area contributed by atoms with E-state index in [-0.39, 0.29) is 5.75 Å². The average molecular weight is 705 g/mol. The maximum absolute atomic E-state index is 12.8. The zero-order valence-corrected chi connectivity index (χ0v) is 25.8. The summed E-state index contributed by atoms with van der Waals surface area (Å²) in [6.07, 6.45) is -0.632. The number of hydrogen-bond donors (Lipinski definition) is 5. The Labute approximate surface area is 256 Å². The van der Waals surface area contributed by atoms with Crippen molar-refractivity contribution in [3.05, 3.63) is 10.6 Å². The van der Waals surface area contributed by atoms with Gasteiger partial charge < -0.3 is 65.0 Å². The standard InChI is InChI=1S/C22H36FN7O9S.O.Tc/c1-9(2)17(22(38)27-10(3)19(35)29-11(13(31)6-23)5-15(33)39-4)30-21(37)16(24)20(36)26-7-14(32)28-12(8-40)18(25)34;;/h9-12,16-17H,5-8,24H2,1-4H3,(H8,25,26,27,28,29,30,32,34,35,36,37,38,40);;/q;;+3/p-3. The minimum absolute atomic E-state index is 0.264. The van der Waals surface area contributed by atoms with Crippen molar-refractivity contribution in [1.29, 1.82) is 0 Å². The Morgan fingerprint density at radius 2 is 1.52 bits per heavy atom. The van der Waals surface area contributed by atoms with Gasteiger partial charge in [0.15, 0.2) is 5.78 Å². The van der Waals surface area contributed by atoms with Gasteiger partial charge in [-0.25, -0.2) is 4.39 Å². The van der Waals surface area contributed by atoms with E-state index in [2.05, 4.69) is 43.9 Å². The Morgan fingerprint density at radius 3 is 1.98 bits per heavy atom. The quantitative estimate of drug-likeness (QED) is 0.0564. The molecule has 0 aromatic carbocycles. The molecule has 0 fully saturated rings. The number of alkyl halides is 1. The molecule has 20 heteroatoms. The van der Waals surface area contributed by atoms with E-state index in [1.807, 2.05) is 0 Å². The first-order chi connectivity index (χ1) is 19.6. The van der Waals surface area contributed by atoms with E-state index in [9.17, 15) is 42.7 Å². The summed E-state index contributed by atoms with van der Waals surface area (Å²) in [5.74, 6) is -8.91. The topological polar surface area (TPSA) is 279 Å². The Bertz CT molecular complexity index is 1010. The van der Waals surface area contributed by atoms with Crippen LogP contribution in [0.1, 0.15) is 27.2 Å². The number of halogens is 1. The van der Waals surface area contributed by atoms with Crippen LogP contribution in [0.3, 0.4) is 0 Å². The minimum atomic E-state index is -1.92. The van der Waals surface area contributed by atoms with E-state index < -0.39 is 103 Å². The van der Waals surface area contributed by atoms with Crippen LogP contribution in [0.5, 0.6) is 0 Å². The average Bonchev–Trinajstić information content (AvgIpc) is 2.96. The molecule has 5 atom stereocenters. The van der Waals surface area contributed by atoms with Gasteiger partial charge in [-0.05, 0) is 12.8 Å². The number of carbonyl (C=O) groups is 8. The fourth-order valence-corrected chi connectivity index (χ4v) is 3.02. The number of ether oxygens (including phenoxy) is 1. The molecular formula is C22H33FN7O10STc. The van der Waals surface area contributed by atoms with Gasteiger partial charge in [0.25, 0.3) is 0 Å². The molecule has 0 rings (SSSR count). The van der Waals surface area contributed by atoms with Gasteiger partial charge in [0, 0.05) is 5.91 Å². The van der Waals surface area contributed by atoms with Crippen molar-refractivity contribution in [2.45, 2.75) is 57.4 Å². The molecule has 0 heterocycles. The van der Waals surface area contributed by atoms with Crippen molar-refractivity contribution in [1.82, 2.24) is 16.0 Å². The molecule has 0 saturated carbocycles. The van der Waals surface area contributed by atoms with Crippen LogP contribution in [-0.4, -0.2) is 103 Å². The van der Waals surface area contributed by atoms with Crippen molar-refractivity contribution in [2.24, 2.45) is 17.4 Å². The van der Waals surface area contributed by atoms with E-state index >= 15 is 0 Å². The van der Waals surface area contributed by atoms with Crippen LogP contribution >= 0.6 is 0 Å². The van der Waals surface area contributed by atoms with Crippen LogP contribution in [0.25, 0.3) is 10.6 Å². The number of nitrogens with two attached hydrogens (primary N) is 2. The third-order valence-corrected chi connectivity index (χ3v) is 5.45. The third kappa shape index (κ3) is 15.0. The summed E-state index contributed by atoms with van der Waals surface area (Å²) in [6.45, 7) is 2.01. The molecular weight excluding hydrogens is 671 g/mol. The van der Waals surface area contributed by atoms with Crippen LogP contribution in [0.4, 0.5) is 4.39 Å². The molecule has 0 saturated heterocycles. The zero-order chi connectivity index (χ0) is 33.2. The number of primary amides is 1. The van der Waals surface area contributed by atoms with Gasteiger partial charge in [0.2, 0.25) is 23.6 Å². The molecule has 5 unspecified atom stereocenters. The number of hydrogen-bond acceptors (Lipinski definition) is 12. The Morgan fingerprint density at radius 1 is 0.952 bits per heavy atom. The van der Waals surface area contributed by atoms with Crippen LogP contribution in [0.15, 0.2) is 0 Å². The summed E-state index contributed by atoms with van der Waals surface area (Å²) < 4.78 is 25.5. The molecule has 0 aliphatic carbocycles. The maximum atomic E-state index is 12.8. The summed E-state index contributed by atoms with van der Waals surface area (Å²) in [6, 6.07) is -7.34. The van der Waals surface area contributed by atoms with E-state index in [4.69, 9.17) is 15.0 Å². The van der Waals surface area contributed by atoms with Crippen molar-refractivity contribution in [3.8, 4) is 0 Å². The molecule has 7 N–H and O–H groups in total. The number of methoxy groups -OCH3 is 1. The molecule has 0 aliphatic rings. The van der Waals surface area contributed by atoms with Crippen LogP contribution in [-0.2, 0) is 78.1 Å². The summed E-state index contributed by atoms with van der Waals surface area (Å²) >= 11 is 5.54. The number of amides is 6. The van der Waals surface area contributed by atoms with E-state index in [0.717, 1.165) is 26.0 Å². The second kappa shape index (κ2) is 21.4. The summed E-state index contributed by atoms with van der Waals surface area (Å²) in [5, 5.41) is 13.4. The van der Waals surface area contributed by atoms with Gasteiger partial charge in [0.05, 0.1) is 19.4 Å². The van der Waals surface area contributed by atoms with Crippen LogP contribution in [0.2, 0.25) is 0 Å². The van der Waals surface area contributed by atoms with Gasteiger partial charge in [-0.3, -0.25) is 28.8 Å². The molecule has 0 aromatic rings. The number of nitrogens with zero attached hydrogens (tertiary/aromatic N) is 2. The van der Waals surface area contributed by atoms with Crippen molar-refractivity contribution in [2.75, 3.05) is 26.1 Å². The zero-order valence-electron chi connectivity index (χ0n) is 23.1. The van der Waals surface area contributed by atoms with Crippen molar-refractivity contribution >= 4 is 59.8 Å². The second-order valence-corrected chi connectivity index (χ2v) is 8.98. The number of ketones is 1. The fourth-order valence-electron chi connectivity index (χ4n) is 2.79. The second-order valence-electron chi connectivity index (χ2n) is 8.64. The monoisotopic (exact) mass is 703 g/mol. The van der Waals surface area contributed by atoms with Gasteiger partial charge in [-0.1, -0.05) is 26.4 Å². The number of nitrogens with one attached hydrogen (secondary N) is 3. The van der Waals surface area contributed by atoms with E-state index in [1.54, 1.807) is 0 Å².